The van der Waals surface area contributed by atoms with Crippen molar-refractivity contribution < 1.29 is 0 Å². The van der Waals surface area contributed by atoms with Crippen molar-refractivity contribution in [2.24, 2.45) is 7.05 Å². The molecule has 0 unspecified atom stereocenters. The number of thiazole rings is 1. The molecule has 0 aliphatic heterocycles. The van der Waals surface area contributed by atoms with Crippen molar-refractivity contribution in [1.29, 1.82) is 0 Å². The third kappa shape index (κ3) is 1.50. The molecule has 3 aromatic rings. The van der Waals surface area contributed by atoms with Gasteiger partial charge in [-0.15, -0.1) is 11.3 Å². The molecule has 0 radical (unpaired) electrons. The maximum absolute atomic E-state index is 5.94. The zero-order valence-corrected chi connectivity index (χ0v) is 10.4. The van der Waals surface area contributed by atoms with Crippen LogP contribution in [0.15, 0.2) is 10.9 Å². The quantitative estimate of drug-likeness (QED) is 0.738. The first-order valence-electron chi connectivity index (χ1n) is 5.19. The molecule has 0 saturated heterocycles. The van der Waals surface area contributed by atoms with E-state index in [2.05, 4.69) is 15.1 Å². The number of aryl methyl sites for hydroxylation is 2. The molecular weight excluding hydrogens is 236 g/mol. The second-order valence-electron chi connectivity index (χ2n) is 3.92. The van der Waals surface area contributed by atoms with Gasteiger partial charge < -0.3 is 5.73 Å². The SMILES string of the molecule is Cc1nn(C)c2c1nc(N)n2Cc1cscn1. The molecule has 17 heavy (non-hydrogen) atoms. The molecule has 3 rings (SSSR count). The van der Waals surface area contributed by atoms with Crippen LogP contribution in [0.1, 0.15) is 11.4 Å². The number of anilines is 1. The van der Waals surface area contributed by atoms with Gasteiger partial charge in [0.25, 0.3) is 0 Å². The smallest absolute Gasteiger partial charge is 0.202 e. The Morgan fingerprint density at radius 1 is 1.47 bits per heavy atom. The third-order valence-corrected chi connectivity index (χ3v) is 3.36. The number of nitrogens with zero attached hydrogens (tertiary/aromatic N) is 5. The summed E-state index contributed by atoms with van der Waals surface area (Å²) in [6.07, 6.45) is 0. The maximum atomic E-state index is 5.94. The fraction of sp³-hybridized carbons (Fsp3) is 0.300. The summed E-state index contributed by atoms with van der Waals surface area (Å²) in [5.41, 5.74) is 11.4. The number of imidazole rings is 1. The maximum Gasteiger partial charge on any atom is 0.202 e. The van der Waals surface area contributed by atoms with Crippen LogP contribution in [0.4, 0.5) is 5.95 Å². The molecule has 0 bridgehead atoms. The van der Waals surface area contributed by atoms with Gasteiger partial charge >= 0.3 is 0 Å². The van der Waals surface area contributed by atoms with E-state index in [-0.39, 0.29) is 0 Å². The molecule has 0 amide bonds. The van der Waals surface area contributed by atoms with Gasteiger partial charge in [-0.05, 0) is 6.92 Å². The van der Waals surface area contributed by atoms with Crippen molar-refractivity contribution >= 4 is 28.4 Å². The molecule has 0 aliphatic carbocycles. The summed E-state index contributed by atoms with van der Waals surface area (Å²) in [6, 6.07) is 0. The molecule has 0 atom stereocenters. The molecule has 3 aromatic heterocycles. The minimum Gasteiger partial charge on any atom is -0.369 e. The zero-order valence-electron chi connectivity index (χ0n) is 9.58. The first-order chi connectivity index (χ1) is 8.16. The highest BCUT2D eigenvalue weighted by atomic mass is 32.1. The minimum atomic E-state index is 0.504. The molecule has 2 N–H and O–H groups in total. The van der Waals surface area contributed by atoms with Gasteiger partial charge in [-0.1, -0.05) is 0 Å². The lowest BCUT2D eigenvalue weighted by Crippen LogP contribution is -2.08. The van der Waals surface area contributed by atoms with Crippen LogP contribution in [-0.2, 0) is 13.6 Å². The minimum absolute atomic E-state index is 0.504. The van der Waals surface area contributed by atoms with Gasteiger partial charge in [0.15, 0.2) is 5.65 Å². The molecular formula is C10H12N6S. The molecule has 0 fully saturated rings. The molecule has 0 saturated carbocycles. The molecule has 7 heteroatoms. The summed E-state index contributed by atoms with van der Waals surface area (Å²) < 4.78 is 3.74. The van der Waals surface area contributed by atoms with Crippen LogP contribution in [0, 0.1) is 6.92 Å². The van der Waals surface area contributed by atoms with Crippen molar-refractivity contribution in [1.82, 2.24) is 24.3 Å². The van der Waals surface area contributed by atoms with Crippen molar-refractivity contribution in [2.45, 2.75) is 13.5 Å². The highest BCUT2D eigenvalue weighted by Crippen LogP contribution is 2.21. The fourth-order valence-corrected chi connectivity index (χ4v) is 2.53. The number of fused-ring (bicyclic) bond motifs is 1. The Labute approximate surface area is 102 Å². The van der Waals surface area contributed by atoms with Crippen molar-refractivity contribution in [3.63, 3.8) is 0 Å². The highest BCUT2D eigenvalue weighted by molar-refractivity contribution is 7.07. The van der Waals surface area contributed by atoms with Gasteiger partial charge in [0.05, 0.1) is 23.4 Å². The first-order valence-corrected chi connectivity index (χ1v) is 6.13. The summed E-state index contributed by atoms with van der Waals surface area (Å²) >= 11 is 1.57. The monoisotopic (exact) mass is 248 g/mol. The van der Waals surface area contributed by atoms with E-state index < -0.39 is 0 Å². The lowest BCUT2D eigenvalue weighted by atomic mass is 10.4. The lowest BCUT2D eigenvalue weighted by molar-refractivity contribution is 0.720. The molecule has 3 heterocycles. The summed E-state index contributed by atoms with van der Waals surface area (Å²) in [6.45, 7) is 2.56. The Kier molecular flexibility index (Phi) is 2.15. The Hall–Kier alpha value is -1.89. The summed E-state index contributed by atoms with van der Waals surface area (Å²) in [4.78, 5) is 8.61. The van der Waals surface area contributed by atoms with Gasteiger partial charge in [0.2, 0.25) is 5.95 Å². The normalized spacial score (nSPS) is 11.4. The topological polar surface area (TPSA) is 74.6 Å². The van der Waals surface area contributed by atoms with Crippen LogP contribution in [0.2, 0.25) is 0 Å². The van der Waals surface area contributed by atoms with Gasteiger partial charge in [0, 0.05) is 12.4 Å². The van der Waals surface area contributed by atoms with Crippen LogP contribution in [-0.4, -0.2) is 24.3 Å². The second-order valence-corrected chi connectivity index (χ2v) is 4.64. The third-order valence-electron chi connectivity index (χ3n) is 2.72. The van der Waals surface area contributed by atoms with Gasteiger partial charge in [0.1, 0.15) is 5.52 Å². The highest BCUT2D eigenvalue weighted by Gasteiger charge is 2.15. The molecule has 0 aromatic carbocycles. The Balaban J connectivity index is 2.18. The Morgan fingerprint density at radius 3 is 3.00 bits per heavy atom. The van der Waals surface area contributed by atoms with E-state index >= 15 is 0 Å². The van der Waals surface area contributed by atoms with E-state index in [0.717, 1.165) is 22.6 Å². The summed E-state index contributed by atoms with van der Waals surface area (Å²) in [7, 11) is 1.90. The number of hydrogen-bond donors (Lipinski definition) is 1. The number of rotatable bonds is 2. The van der Waals surface area contributed by atoms with Crippen LogP contribution in [0.5, 0.6) is 0 Å². The number of nitrogens with two attached hydrogens (primary N) is 1. The van der Waals surface area contributed by atoms with Crippen LogP contribution in [0.3, 0.4) is 0 Å². The average Bonchev–Trinajstić information content (AvgIpc) is 2.93. The van der Waals surface area contributed by atoms with Crippen LogP contribution >= 0.6 is 11.3 Å². The van der Waals surface area contributed by atoms with E-state index in [4.69, 9.17) is 5.73 Å². The number of aromatic nitrogens is 5. The second kappa shape index (κ2) is 3.56. The molecule has 88 valence electrons. The zero-order chi connectivity index (χ0) is 12.0. The number of nitrogen functional groups attached to an aromatic ring is 1. The Morgan fingerprint density at radius 2 is 2.29 bits per heavy atom. The largest absolute Gasteiger partial charge is 0.369 e. The predicted molar refractivity (Wildman–Crippen MR) is 66.9 cm³/mol. The van der Waals surface area contributed by atoms with Gasteiger partial charge in [-0.3, -0.25) is 9.25 Å². The number of hydrogen-bond acceptors (Lipinski definition) is 5. The first kappa shape index (κ1) is 10.3. The van der Waals surface area contributed by atoms with E-state index in [1.807, 2.05) is 29.4 Å². The molecule has 6 nitrogen and oxygen atoms in total. The standard InChI is InChI=1S/C10H12N6S/c1-6-8-9(15(2)14-6)16(10(11)13-8)3-7-4-17-5-12-7/h4-5H,3H2,1-2H3,(H2,11,13). The average molecular weight is 248 g/mol. The molecule has 0 spiro atoms. The van der Waals surface area contributed by atoms with Crippen molar-refractivity contribution in [2.75, 3.05) is 5.73 Å². The predicted octanol–water partition coefficient (Wildman–Crippen LogP) is 1.17. The lowest BCUT2D eigenvalue weighted by Gasteiger charge is -2.04. The van der Waals surface area contributed by atoms with Crippen molar-refractivity contribution in [3.05, 3.63) is 22.3 Å². The van der Waals surface area contributed by atoms with Gasteiger partial charge in [-0.2, -0.15) is 5.10 Å². The van der Waals surface area contributed by atoms with Crippen molar-refractivity contribution in [3.8, 4) is 0 Å². The summed E-state index contributed by atoms with van der Waals surface area (Å²) in [5, 5.41) is 6.35. The van der Waals surface area contributed by atoms with E-state index in [1.165, 1.54) is 0 Å². The fourth-order valence-electron chi connectivity index (χ4n) is 1.99. The van der Waals surface area contributed by atoms with E-state index in [1.54, 1.807) is 16.0 Å². The summed E-state index contributed by atoms with van der Waals surface area (Å²) in [5.74, 6) is 0.504. The van der Waals surface area contributed by atoms with Crippen LogP contribution in [0.25, 0.3) is 11.2 Å². The van der Waals surface area contributed by atoms with Crippen LogP contribution < -0.4 is 5.73 Å². The van der Waals surface area contributed by atoms with E-state index in [0.29, 0.717) is 12.5 Å². The molecule has 0 aliphatic rings. The van der Waals surface area contributed by atoms with E-state index in [9.17, 15) is 0 Å². The Bertz CT molecular complexity index is 663. The van der Waals surface area contributed by atoms with Gasteiger partial charge in [-0.25, -0.2) is 9.97 Å².